The molecule has 1 aliphatic carbocycles. The van der Waals surface area contributed by atoms with Gasteiger partial charge in [-0.05, 0) is 88.3 Å². The van der Waals surface area contributed by atoms with Crippen LogP contribution in [0.1, 0.15) is 93.2 Å². The predicted octanol–water partition coefficient (Wildman–Crippen LogP) is 6.33. The van der Waals surface area contributed by atoms with Crippen molar-refractivity contribution >= 4 is 35.1 Å². The molecule has 2 aliphatic heterocycles. The smallest absolute Gasteiger partial charge is 0.408 e. The van der Waals surface area contributed by atoms with Crippen molar-refractivity contribution in [3.05, 3.63) is 30.0 Å². The average molecular weight is 665 g/mol. The van der Waals surface area contributed by atoms with Gasteiger partial charge >= 0.3 is 12.1 Å². The van der Waals surface area contributed by atoms with Gasteiger partial charge in [-0.3, -0.25) is 4.79 Å². The van der Waals surface area contributed by atoms with Gasteiger partial charge in [0.1, 0.15) is 41.3 Å². The number of ether oxygens (including phenoxy) is 4. The van der Waals surface area contributed by atoms with E-state index in [4.69, 9.17) is 28.9 Å². The Bertz CT molecular complexity index is 1540. The molecule has 1 unspecified atom stereocenters. The van der Waals surface area contributed by atoms with E-state index in [2.05, 4.69) is 25.2 Å². The Morgan fingerprint density at radius 1 is 1.06 bits per heavy atom. The normalized spacial score (nSPS) is 26.8. The first-order valence-corrected chi connectivity index (χ1v) is 17.2. The number of alkyl carbamates (subject to hydrolysis) is 1. The highest BCUT2D eigenvalue weighted by Gasteiger charge is 2.53. The molecule has 1 N–H and O–H groups in total. The quantitative estimate of drug-likeness (QED) is 0.373. The second-order valence-corrected chi connectivity index (χ2v) is 15.9. The highest BCUT2D eigenvalue weighted by atomic mass is 16.6. The van der Waals surface area contributed by atoms with Gasteiger partial charge in [-0.2, -0.15) is 0 Å². The van der Waals surface area contributed by atoms with Crippen molar-refractivity contribution in [3.63, 3.8) is 0 Å². The van der Waals surface area contributed by atoms with E-state index in [1.165, 1.54) is 4.90 Å². The van der Waals surface area contributed by atoms with Crippen LogP contribution in [0.15, 0.2) is 24.3 Å². The number of nitrogens with zero attached hydrogens (tertiary/aromatic N) is 3. The lowest BCUT2D eigenvalue weighted by atomic mass is 9.85. The molecule has 0 spiro atoms. The molecule has 5 rings (SSSR count). The van der Waals surface area contributed by atoms with Crippen molar-refractivity contribution in [1.82, 2.24) is 20.2 Å². The average Bonchev–Trinajstić information content (AvgIpc) is 3.62. The highest BCUT2D eigenvalue weighted by molar-refractivity contribution is 5.91. The molecule has 11 nitrogen and oxygen atoms in total. The summed E-state index contributed by atoms with van der Waals surface area (Å²) < 4.78 is 23.9. The SMILES string of the molecule is COc1ccc2nc3c(nc2c1)O[C@H]1CN(C(=O)[C@H](C(C)(C)C)NC(=O)O[C@@H]2CC2CCCC=C3)[C@H](C(=O)OC(C)(C)C)[C@@H]1CC(C)C. The minimum absolute atomic E-state index is 0.0924. The number of esters is 1. The summed E-state index contributed by atoms with van der Waals surface area (Å²) in [4.78, 5) is 53.2. The molecule has 48 heavy (non-hydrogen) atoms. The van der Waals surface area contributed by atoms with Crippen LogP contribution in [0.3, 0.4) is 0 Å². The molecule has 2 aromatic rings. The topological polar surface area (TPSA) is 129 Å². The van der Waals surface area contributed by atoms with Crippen molar-refractivity contribution < 1.29 is 33.3 Å². The molecule has 2 bridgehead atoms. The zero-order valence-corrected chi connectivity index (χ0v) is 29.9. The zero-order chi connectivity index (χ0) is 35.0. The highest BCUT2D eigenvalue weighted by Crippen LogP contribution is 2.40. The van der Waals surface area contributed by atoms with Crippen LogP contribution >= 0.6 is 0 Å². The lowest BCUT2D eigenvalue weighted by Gasteiger charge is -2.36. The summed E-state index contributed by atoms with van der Waals surface area (Å²) in [5, 5.41) is 2.87. The van der Waals surface area contributed by atoms with Gasteiger partial charge in [0.25, 0.3) is 0 Å². The number of nitrogens with one attached hydrogen (secondary N) is 1. The van der Waals surface area contributed by atoms with Gasteiger partial charge < -0.3 is 29.2 Å². The van der Waals surface area contributed by atoms with E-state index >= 15 is 0 Å². The van der Waals surface area contributed by atoms with Crippen molar-refractivity contribution in [1.29, 1.82) is 0 Å². The molecule has 1 aromatic carbocycles. The van der Waals surface area contributed by atoms with Gasteiger partial charge in [-0.15, -0.1) is 0 Å². The van der Waals surface area contributed by atoms with Crippen molar-refractivity contribution in [2.45, 2.75) is 117 Å². The first-order chi connectivity index (χ1) is 22.5. The van der Waals surface area contributed by atoms with Crippen LogP contribution in [0.2, 0.25) is 0 Å². The number of carbonyl (C=O) groups is 3. The van der Waals surface area contributed by atoms with E-state index in [1.807, 2.05) is 65.8 Å². The van der Waals surface area contributed by atoms with E-state index < -0.39 is 53.1 Å². The Morgan fingerprint density at radius 3 is 2.48 bits per heavy atom. The predicted molar refractivity (Wildman–Crippen MR) is 182 cm³/mol. The first-order valence-electron chi connectivity index (χ1n) is 17.2. The third-order valence-corrected chi connectivity index (χ3v) is 9.11. The molecular weight excluding hydrogens is 612 g/mol. The van der Waals surface area contributed by atoms with Crippen LogP contribution in [0.4, 0.5) is 4.79 Å². The molecule has 1 aromatic heterocycles. The van der Waals surface area contributed by atoms with Crippen molar-refractivity contribution in [2.24, 2.45) is 23.2 Å². The van der Waals surface area contributed by atoms with Crippen LogP contribution in [0, 0.1) is 23.2 Å². The summed E-state index contributed by atoms with van der Waals surface area (Å²) in [7, 11) is 1.60. The molecule has 1 saturated heterocycles. The summed E-state index contributed by atoms with van der Waals surface area (Å²) in [5.74, 6) is 0.0964. The maximum atomic E-state index is 14.6. The number of benzene rings is 1. The minimum Gasteiger partial charge on any atom is -0.497 e. The molecule has 11 heteroatoms. The molecule has 262 valence electrons. The third-order valence-electron chi connectivity index (χ3n) is 9.11. The van der Waals surface area contributed by atoms with Gasteiger partial charge in [-0.25, -0.2) is 19.6 Å². The number of fused-ring (bicyclic) bond motifs is 5. The first kappa shape index (κ1) is 35.4. The van der Waals surface area contributed by atoms with Crippen molar-refractivity contribution in [2.75, 3.05) is 13.7 Å². The number of rotatable bonds is 4. The van der Waals surface area contributed by atoms with Gasteiger partial charge in [0.15, 0.2) is 0 Å². The second-order valence-electron chi connectivity index (χ2n) is 15.9. The minimum atomic E-state index is -0.962. The molecule has 3 heterocycles. The lowest BCUT2D eigenvalue weighted by molar-refractivity contribution is -0.165. The molecule has 3 aliphatic rings. The molecule has 6 atom stereocenters. The van der Waals surface area contributed by atoms with Gasteiger partial charge in [0, 0.05) is 12.0 Å². The number of hydrogen-bond acceptors (Lipinski definition) is 9. The second kappa shape index (κ2) is 13.9. The Balaban J connectivity index is 1.62. The maximum absolute atomic E-state index is 14.6. The monoisotopic (exact) mass is 664 g/mol. The Labute approximate surface area is 284 Å². The number of aromatic nitrogens is 2. The molecule has 1 saturated carbocycles. The van der Waals surface area contributed by atoms with Gasteiger partial charge in [0.05, 0.1) is 24.7 Å². The van der Waals surface area contributed by atoms with Crippen LogP contribution in [0.5, 0.6) is 11.6 Å². The number of carbonyl (C=O) groups excluding carboxylic acids is 3. The van der Waals surface area contributed by atoms with E-state index in [-0.39, 0.29) is 24.5 Å². The summed E-state index contributed by atoms with van der Waals surface area (Å²) in [6, 6.07) is 3.61. The maximum Gasteiger partial charge on any atom is 0.408 e. The number of methoxy groups -OCH3 is 1. The summed E-state index contributed by atoms with van der Waals surface area (Å²) in [6.07, 6.45) is 6.62. The number of amides is 2. The Kier molecular flexibility index (Phi) is 10.3. The van der Waals surface area contributed by atoms with Gasteiger partial charge in [0.2, 0.25) is 11.8 Å². The molecule has 0 radical (unpaired) electrons. The Morgan fingerprint density at radius 2 is 1.81 bits per heavy atom. The molecule has 2 amide bonds. The summed E-state index contributed by atoms with van der Waals surface area (Å²) in [6.45, 7) is 15.3. The van der Waals surface area contributed by atoms with Crippen LogP contribution in [-0.2, 0) is 19.1 Å². The molecular formula is C37H52N4O7. The Hall–Kier alpha value is -3.89. The van der Waals surface area contributed by atoms with Crippen LogP contribution in [-0.4, -0.2) is 76.4 Å². The van der Waals surface area contributed by atoms with Gasteiger partial charge in [-0.1, -0.05) is 40.7 Å². The number of allylic oxidation sites excluding steroid dienone is 1. The van der Waals surface area contributed by atoms with Crippen LogP contribution < -0.4 is 14.8 Å². The fourth-order valence-corrected chi connectivity index (χ4v) is 6.68. The van der Waals surface area contributed by atoms with E-state index in [1.54, 1.807) is 7.11 Å². The fraction of sp³-hybridized carbons (Fsp3) is 0.649. The summed E-state index contributed by atoms with van der Waals surface area (Å²) >= 11 is 0. The zero-order valence-electron chi connectivity index (χ0n) is 29.9. The van der Waals surface area contributed by atoms with Crippen LogP contribution in [0.25, 0.3) is 17.1 Å². The standard InChI is InChI=1S/C37H52N4O7/c1-21(2)17-24-29-20-41(30(24)34(43)48-37(6,7)8)33(42)31(36(3,4)5)40-35(44)47-28-18-22(28)13-11-10-12-14-26-32(46-29)39-27-19-23(45-9)15-16-25(27)38-26/h12,14-16,19,21-22,24,28-31H,10-11,13,17-18,20H2,1-9H3,(H,40,44)/t22?,24-,28-,29+,30+,31-/m1/s1. The van der Waals surface area contributed by atoms with E-state index in [0.29, 0.717) is 34.8 Å². The van der Waals surface area contributed by atoms with Crippen molar-refractivity contribution in [3.8, 4) is 11.6 Å². The van der Waals surface area contributed by atoms with E-state index in [9.17, 15) is 14.4 Å². The fourth-order valence-electron chi connectivity index (χ4n) is 6.68. The largest absolute Gasteiger partial charge is 0.497 e. The number of hydrogen-bond donors (Lipinski definition) is 1. The third kappa shape index (κ3) is 8.39. The summed E-state index contributed by atoms with van der Waals surface area (Å²) in [5.41, 5.74) is 0.399. The molecule has 2 fully saturated rings. The lowest BCUT2D eigenvalue weighted by Crippen LogP contribution is -2.58. The van der Waals surface area contributed by atoms with E-state index in [0.717, 1.165) is 25.7 Å².